The maximum Gasteiger partial charge on any atom is 0.221 e. The van der Waals surface area contributed by atoms with Gasteiger partial charge < -0.3 is 10.2 Å². The Morgan fingerprint density at radius 1 is 1.30 bits per heavy atom. The molecule has 3 heteroatoms. The first-order valence-corrected chi connectivity index (χ1v) is 8.95. The highest BCUT2D eigenvalue weighted by atomic mass is 16.1. The lowest BCUT2D eigenvalue weighted by molar-refractivity contribution is -0.120. The largest absolute Gasteiger partial charge is 0.371 e. The molecule has 23 heavy (non-hydrogen) atoms. The van der Waals surface area contributed by atoms with Crippen molar-refractivity contribution in [2.45, 2.75) is 52.4 Å². The lowest BCUT2D eigenvalue weighted by Crippen LogP contribution is -2.31. The molecule has 1 aromatic carbocycles. The fraction of sp³-hybridized carbons (Fsp3) is 0.550. The Morgan fingerprint density at radius 3 is 2.87 bits per heavy atom. The van der Waals surface area contributed by atoms with E-state index in [9.17, 15) is 4.79 Å². The van der Waals surface area contributed by atoms with Crippen LogP contribution in [0.1, 0.15) is 51.0 Å². The molecule has 0 saturated heterocycles. The minimum atomic E-state index is 0.160. The number of allylic oxidation sites excluding steroid dienone is 1. The van der Waals surface area contributed by atoms with E-state index in [0.29, 0.717) is 6.42 Å². The molecular formula is C20H30N2O. The van der Waals surface area contributed by atoms with Gasteiger partial charge in [0.05, 0.1) is 0 Å². The first kappa shape index (κ1) is 17.6. The molecule has 0 atom stereocenters. The molecule has 0 spiro atoms. The van der Waals surface area contributed by atoms with Crippen LogP contribution in [-0.2, 0) is 4.79 Å². The number of rotatable bonds is 8. The molecule has 0 saturated carbocycles. The quantitative estimate of drug-likeness (QED) is 0.729. The van der Waals surface area contributed by atoms with Crippen LogP contribution in [0.4, 0.5) is 5.69 Å². The Bertz CT molecular complexity index is 536. The summed E-state index contributed by atoms with van der Waals surface area (Å²) in [4.78, 5) is 14.3. The average Bonchev–Trinajstić information content (AvgIpc) is 2.56. The summed E-state index contributed by atoms with van der Waals surface area (Å²) >= 11 is 0. The Kier molecular flexibility index (Phi) is 7.18. The molecule has 0 aromatic heterocycles. The fourth-order valence-electron chi connectivity index (χ4n) is 3.11. The van der Waals surface area contributed by atoms with E-state index in [1.54, 1.807) is 0 Å². The molecule has 126 valence electrons. The summed E-state index contributed by atoms with van der Waals surface area (Å²) in [6.07, 6.45) is 8.98. The first-order chi connectivity index (χ1) is 11.2. The smallest absolute Gasteiger partial charge is 0.221 e. The predicted octanol–water partition coefficient (Wildman–Crippen LogP) is 4.22. The van der Waals surface area contributed by atoms with Crippen LogP contribution in [0.3, 0.4) is 0 Å². The van der Waals surface area contributed by atoms with Gasteiger partial charge in [-0.3, -0.25) is 4.79 Å². The lowest BCUT2D eigenvalue weighted by atomic mass is 9.97. The van der Waals surface area contributed by atoms with E-state index in [2.05, 4.69) is 54.4 Å². The zero-order valence-corrected chi connectivity index (χ0v) is 14.6. The molecule has 2 rings (SSSR count). The molecule has 0 unspecified atom stereocenters. The summed E-state index contributed by atoms with van der Waals surface area (Å²) in [5.41, 5.74) is 3.98. The minimum Gasteiger partial charge on any atom is -0.371 e. The summed E-state index contributed by atoms with van der Waals surface area (Å²) in [5, 5.41) is 3.07. The van der Waals surface area contributed by atoms with Gasteiger partial charge in [0, 0.05) is 31.7 Å². The van der Waals surface area contributed by atoms with Crippen molar-refractivity contribution < 1.29 is 4.79 Å². The average molecular weight is 314 g/mol. The summed E-state index contributed by atoms with van der Waals surface area (Å²) in [6.45, 7) is 6.71. The number of nitrogens with one attached hydrogen (secondary N) is 1. The van der Waals surface area contributed by atoms with E-state index < -0.39 is 0 Å². The number of carbonyl (C=O) groups excluding carboxylic acids is 1. The number of anilines is 1. The number of aryl methyl sites for hydroxylation is 1. The van der Waals surface area contributed by atoms with Crippen molar-refractivity contribution in [3.05, 3.63) is 41.5 Å². The molecule has 0 heterocycles. The van der Waals surface area contributed by atoms with Gasteiger partial charge in [0.1, 0.15) is 0 Å². The van der Waals surface area contributed by atoms with Crippen LogP contribution in [0.25, 0.3) is 0 Å². The van der Waals surface area contributed by atoms with E-state index in [1.807, 2.05) is 0 Å². The zero-order chi connectivity index (χ0) is 16.5. The number of amides is 1. The highest BCUT2D eigenvalue weighted by Gasteiger charge is 2.09. The van der Waals surface area contributed by atoms with E-state index in [1.165, 1.54) is 42.5 Å². The molecule has 0 radical (unpaired) electrons. The minimum absolute atomic E-state index is 0.160. The number of hydrogen-bond donors (Lipinski definition) is 1. The van der Waals surface area contributed by atoms with Crippen molar-refractivity contribution in [1.29, 1.82) is 0 Å². The van der Waals surface area contributed by atoms with Crippen molar-refractivity contribution in [2.24, 2.45) is 0 Å². The van der Waals surface area contributed by atoms with Crippen LogP contribution >= 0.6 is 0 Å². The van der Waals surface area contributed by atoms with Gasteiger partial charge in [-0.25, -0.2) is 0 Å². The maximum absolute atomic E-state index is 12.0. The predicted molar refractivity (Wildman–Crippen MR) is 97.9 cm³/mol. The molecule has 1 N–H and O–H groups in total. The summed E-state index contributed by atoms with van der Waals surface area (Å²) in [6, 6.07) is 8.47. The van der Waals surface area contributed by atoms with Crippen molar-refractivity contribution in [3.63, 3.8) is 0 Å². The lowest BCUT2D eigenvalue weighted by Gasteiger charge is -2.23. The standard InChI is InChI=1S/C20H30N2O/c1-3-22(19-11-7-8-17(2)16-19)15-13-20(23)21-14-12-18-9-5-4-6-10-18/h7-9,11,16H,3-6,10,12-15H2,1-2H3,(H,21,23). The van der Waals surface area contributed by atoms with Gasteiger partial charge in [0.25, 0.3) is 0 Å². The number of carbonyl (C=O) groups is 1. The van der Waals surface area contributed by atoms with Crippen LogP contribution in [-0.4, -0.2) is 25.5 Å². The van der Waals surface area contributed by atoms with Crippen molar-refractivity contribution >= 4 is 11.6 Å². The second-order valence-corrected chi connectivity index (χ2v) is 6.38. The third-order valence-electron chi connectivity index (χ3n) is 4.51. The van der Waals surface area contributed by atoms with E-state index in [0.717, 1.165) is 26.1 Å². The first-order valence-electron chi connectivity index (χ1n) is 8.95. The molecule has 0 aliphatic heterocycles. The Morgan fingerprint density at radius 2 is 2.17 bits per heavy atom. The molecule has 0 fully saturated rings. The van der Waals surface area contributed by atoms with Crippen LogP contribution in [0.5, 0.6) is 0 Å². The van der Waals surface area contributed by atoms with Crippen LogP contribution in [0, 0.1) is 6.92 Å². The summed E-state index contributed by atoms with van der Waals surface area (Å²) in [5.74, 6) is 0.160. The van der Waals surface area contributed by atoms with Crippen molar-refractivity contribution in [3.8, 4) is 0 Å². The highest BCUT2D eigenvalue weighted by Crippen LogP contribution is 2.19. The summed E-state index contributed by atoms with van der Waals surface area (Å²) in [7, 11) is 0. The van der Waals surface area contributed by atoms with Crippen molar-refractivity contribution in [1.82, 2.24) is 5.32 Å². The summed E-state index contributed by atoms with van der Waals surface area (Å²) < 4.78 is 0. The molecule has 3 nitrogen and oxygen atoms in total. The number of nitrogens with zero attached hydrogens (tertiary/aromatic N) is 1. The fourth-order valence-corrected chi connectivity index (χ4v) is 3.11. The molecule has 1 aromatic rings. The normalized spacial score (nSPS) is 14.3. The Balaban J connectivity index is 1.71. The van der Waals surface area contributed by atoms with Crippen LogP contribution < -0.4 is 10.2 Å². The topological polar surface area (TPSA) is 32.3 Å². The molecule has 1 amide bonds. The maximum atomic E-state index is 12.0. The van der Waals surface area contributed by atoms with Gasteiger partial charge in [-0.05, 0) is 63.6 Å². The number of benzene rings is 1. The van der Waals surface area contributed by atoms with Gasteiger partial charge >= 0.3 is 0 Å². The van der Waals surface area contributed by atoms with Gasteiger partial charge in [-0.15, -0.1) is 0 Å². The third kappa shape index (κ3) is 6.09. The Hall–Kier alpha value is -1.77. The second-order valence-electron chi connectivity index (χ2n) is 6.38. The molecule has 0 bridgehead atoms. The SMILES string of the molecule is CCN(CCC(=O)NCCC1=CCCCC1)c1cccc(C)c1. The van der Waals surface area contributed by atoms with Gasteiger partial charge in [-0.1, -0.05) is 23.8 Å². The monoisotopic (exact) mass is 314 g/mol. The van der Waals surface area contributed by atoms with E-state index >= 15 is 0 Å². The molecular weight excluding hydrogens is 284 g/mol. The van der Waals surface area contributed by atoms with E-state index in [4.69, 9.17) is 0 Å². The zero-order valence-electron chi connectivity index (χ0n) is 14.6. The Labute approximate surface area is 140 Å². The molecule has 1 aliphatic rings. The third-order valence-corrected chi connectivity index (χ3v) is 4.51. The number of hydrogen-bond acceptors (Lipinski definition) is 2. The van der Waals surface area contributed by atoms with Gasteiger partial charge in [0.15, 0.2) is 0 Å². The van der Waals surface area contributed by atoms with E-state index in [-0.39, 0.29) is 5.91 Å². The van der Waals surface area contributed by atoms with Crippen LogP contribution in [0.2, 0.25) is 0 Å². The van der Waals surface area contributed by atoms with Gasteiger partial charge in [-0.2, -0.15) is 0 Å². The highest BCUT2D eigenvalue weighted by molar-refractivity contribution is 5.76. The van der Waals surface area contributed by atoms with Gasteiger partial charge in [0.2, 0.25) is 5.91 Å². The second kappa shape index (κ2) is 9.39. The van der Waals surface area contributed by atoms with Crippen LogP contribution in [0.15, 0.2) is 35.9 Å². The van der Waals surface area contributed by atoms with Crippen molar-refractivity contribution in [2.75, 3.05) is 24.5 Å². The molecule has 1 aliphatic carbocycles.